The van der Waals surface area contributed by atoms with Crippen molar-refractivity contribution in [3.8, 4) is 0 Å². The number of carboxylic acid groups (broad SMARTS) is 1. The van der Waals surface area contributed by atoms with Gasteiger partial charge in [0.15, 0.2) is 6.04 Å². The van der Waals surface area contributed by atoms with Gasteiger partial charge in [-0.15, -0.1) is 0 Å². The van der Waals surface area contributed by atoms with Crippen molar-refractivity contribution in [2.45, 2.75) is 31.2 Å². The van der Waals surface area contributed by atoms with Gasteiger partial charge >= 0.3 is 5.97 Å². The van der Waals surface area contributed by atoms with E-state index in [-0.39, 0.29) is 17.2 Å². The van der Waals surface area contributed by atoms with Gasteiger partial charge in [-0.25, -0.2) is 4.79 Å². The van der Waals surface area contributed by atoms with Gasteiger partial charge in [0.05, 0.1) is 11.5 Å². The summed E-state index contributed by atoms with van der Waals surface area (Å²) in [6.07, 6.45) is 0.871. The second kappa shape index (κ2) is 8.85. The molecule has 2 aliphatic rings. The Hall–Kier alpha value is -3.01. The maximum Gasteiger partial charge on any atom is 0.328 e. The van der Waals surface area contributed by atoms with E-state index in [9.17, 15) is 24.8 Å². The highest BCUT2D eigenvalue weighted by atomic mass is 35.5. The van der Waals surface area contributed by atoms with E-state index < -0.39 is 34.3 Å². The van der Waals surface area contributed by atoms with Gasteiger partial charge in [0.2, 0.25) is 0 Å². The van der Waals surface area contributed by atoms with Crippen molar-refractivity contribution in [1.82, 2.24) is 9.80 Å². The molecule has 0 saturated carbocycles. The van der Waals surface area contributed by atoms with Crippen molar-refractivity contribution in [3.63, 3.8) is 0 Å². The van der Waals surface area contributed by atoms with Crippen LogP contribution in [0.15, 0.2) is 48.5 Å². The molecule has 2 aromatic carbocycles. The summed E-state index contributed by atoms with van der Waals surface area (Å²) in [6, 6.07) is 12.5. The Morgan fingerprint density at radius 1 is 1.19 bits per heavy atom. The summed E-state index contributed by atoms with van der Waals surface area (Å²) >= 11 is 5.87. The van der Waals surface area contributed by atoms with Crippen molar-refractivity contribution in [2.75, 3.05) is 19.7 Å². The fourth-order valence-electron chi connectivity index (χ4n) is 4.38. The second-order valence-corrected chi connectivity index (χ2v) is 8.38. The number of benzene rings is 2. The molecular formula is C22H22ClN3O6. The summed E-state index contributed by atoms with van der Waals surface area (Å²) in [6.45, 7) is 1.85. The van der Waals surface area contributed by atoms with Crippen molar-refractivity contribution in [1.29, 1.82) is 0 Å². The molecule has 168 valence electrons. The standard InChI is InChI=1S/C22H22ClN3O6/c23-17-7-6-16(12-18(17)26(30)31)20(27)25-19(21(28)29)14-32-22(25)8-10-24(11-9-22)13-15-4-2-1-3-5-15/h1-7,12,19H,8-11,13-14H2,(H,28,29). The Kier molecular flexibility index (Phi) is 6.14. The van der Waals surface area contributed by atoms with Gasteiger partial charge in [-0.1, -0.05) is 41.9 Å². The van der Waals surface area contributed by atoms with Crippen LogP contribution in [-0.2, 0) is 16.1 Å². The molecule has 0 aliphatic carbocycles. The third-order valence-electron chi connectivity index (χ3n) is 6.04. The first-order chi connectivity index (χ1) is 15.3. The SMILES string of the molecule is O=C(O)C1COC2(CCN(Cc3ccccc3)CC2)N1C(=O)c1ccc(Cl)c([N+](=O)[O-])c1. The van der Waals surface area contributed by atoms with Crippen LogP contribution in [0.2, 0.25) is 5.02 Å². The first-order valence-electron chi connectivity index (χ1n) is 10.2. The molecule has 2 saturated heterocycles. The Balaban J connectivity index is 1.57. The number of amides is 1. The lowest BCUT2D eigenvalue weighted by Crippen LogP contribution is -2.58. The molecule has 2 fully saturated rings. The topological polar surface area (TPSA) is 113 Å². The van der Waals surface area contributed by atoms with E-state index in [2.05, 4.69) is 4.90 Å². The summed E-state index contributed by atoms with van der Waals surface area (Å²) in [5.74, 6) is -1.79. The lowest BCUT2D eigenvalue weighted by Gasteiger charge is -2.44. The van der Waals surface area contributed by atoms with E-state index in [0.29, 0.717) is 25.9 Å². The fraction of sp³-hybridized carbons (Fsp3) is 0.364. The van der Waals surface area contributed by atoms with Gasteiger partial charge in [-0.2, -0.15) is 0 Å². The number of hydrogen-bond donors (Lipinski definition) is 1. The van der Waals surface area contributed by atoms with E-state index in [1.165, 1.54) is 22.6 Å². The van der Waals surface area contributed by atoms with Gasteiger partial charge < -0.3 is 9.84 Å². The predicted octanol–water partition coefficient (Wildman–Crippen LogP) is 3.17. The average Bonchev–Trinajstić information content (AvgIpc) is 3.15. The van der Waals surface area contributed by atoms with Gasteiger partial charge in [0.25, 0.3) is 11.6 Å². The number of nitro groups is 1. The zero-order chi connectivity index (χ0) is 22.9. The third kappa shape index (κ3) is 4.19. The number of carboxylic acids is 1. The van der Waals surface area contributed by atoms with Crippen LogP contribution in [-0.4, -0.2) is 63.2 Å². The van der Waals surface area contributed by atoms with E-state index in [1.54, 1.807) is 0 Å². The normalized spacial score (nSPS) is 20.4. The van der Waals surface area contributed by atoms with E-state index >= 15 is 0 Å². The largest absolute Gasteiger partial charge is 0.480 e. The van der Waals surface area contributed by atoms with Gasteiger partial charge in [-0.3, -0.25) is 24.7 Å². The quantitative estimate of drug-likeness (QED) is 0.539. The van der Waals surface area contributed by atoms with E-state index in [1.807, 2.05) is 30.3 Å². The number of likely N-dealkylation sites (tertiary alicyclic amines) is 1. The first kappa shape index (κ1) is 22.2. The first-order valence-corrected chi connectivity index (χ1v) is 10.6. The number of piperidine rings is 1. The Morgan fingerprint density at radius 3 is 2.50 bits per heavy atom. The van der Waals surface area contributed by atoms with Gasteiger partial charge in [0, 0.05) is 44.1 Å². The lowest BCUT2D eigenvalue weighted by molar-refractivity contribution is -0.384. The van der Waals surface area contributed by atoms with E-state index in [0.717, 1.165) is 12.6 Å². The highest BCUT2D eigenvalue weighted by Crippen LogP contribution is 2.39. The van der Waals surface area contributed by atoms with Crippen LogP contribution in [0.3, 0.4) is 0 Å². The smallest absolute Gasteiger partial charge is 0.328 e. The Bertz CT molecular complexity index is 1040. The molecule has 9 nitrogen and oxygen atoms in total. The molecular weight excluding hydrogens is 438 g/mol. The zero-order valence-electron chi connectivity index (χ0n) is 17.1. The molecule has 2 aromatic rings. The van der Waals surface area contributed by atoms with Gasteiger partial charge in [0.1, 0.15) is 10.7 Å². The van der Waals surface area contributed by atoms with Crippen molar-refractivity contribution in [3.05, 3.63) is 74.8 Å². The lowest BCUT2D eigenvalue weighted by atomic mass is 9.96. The van der Waals surface area contributed by atoms with Gasteiger partial charge in [-0.05, 0) is 17.7 Å². The maximum absolute atomic E-state index is 13.4. The molecule has 1 N–H and O–H groups in total. The molecule has 1 spiro atoms. The summed E-state index contributed by atoms with van der Waals surface area (Å²) in [5, 5.41) is 20.9. The number of rotatable bonds is 5. The zero-order valence-corrected chi connectivity index (χ0v) is 17.9. The molecule has 4 rings (SSSR count). The number of halogens is 1. The molecule has 0 radical (unpaired) electrons. The van der Waals surface area contributed by atoms with Crippen LogP contribution in [0, 0.1) is 10.1 Å². The summed E-state index contributed by atoms with van der Waals surface area (Å²) in [4.78, 5) is 39.3. The second-order valence-electron chi connectivity index (χ2n) is 7.97. The Labute approximate surface area is 189 Å². The molecule has 1 amide bonds. The van der Waals surface area contributed by atoms with Crippen molar-refractivity contribution < 1.29 is 24.4 Å². The van der Waals surface area contributed by atoms with Crippen LogP contribution in [0.1, 0.15) is 28.8 Å². The third-order valence-corrected chi connectivity index (χ3v) is 6.36. The minimum absolute atomic E-state index is 0.00365. The predicted molar refractivity (Wildman–Crippen MR) is 115 cm³/mol. The molecule has 2 heterocycles. The molecule has 0 bridgehead atoms. The fourth-order valence-corrected chi connectivity index (χ4v) is 4.57. The summed E-state index contributed by atoms with van der Waals surface area (Å²) in [5.41, 5.74) is -0.303. The van der Waals surface area contributed by atoms with Crippen LogP contribution in [0.4, 0.5) is 5.69 Å². The number of nitro benzene ring substituents is 1. The molecule has 2 aliphatic heterocycles. The number of carbonyl (C=O) groups is 2. The number of carbonyl (C=O) groups excluding carboxylic acids is 1. The molecule has 0 aromatic heterocycles. The van der Waals surface area contributed by atoms with Crippen LogP contribution >= 0.6 is 11.6 Å². The molecule has 1 unspecified atom stereocenters. The highest BCUT2D eigenvalue weighted by molar-refractivity contribution is 6.32. The summed E-state index contributed by atoms with van der Waals surface area (Å²) < 4.78 is 5.95. The van der Waals surface area contributed by atoms with Crippen LogP contribution < -0.4 is 0 Å². The minimum atomic E-state index is -1.18. The highest BCUT2D eigenvalue weighted by Gasteiger charge is 2.54. The number of nitrogens with zero attached hydrogens (tertiary/aromatic N) is 3. The monoisotopic (exact) mass is 459 g/mol. The van der Waals surface area contributed by atoms with Crippen LogP contribution in [0.25, 0.3) is 0 Å². The molecule has 32 heavy (non-hydrogen) atoms. The molecule has 1 atom stereocenters. The number of ether oxygens (including phenoxy) is 1. The minimum Gasteiger partial charge on any atom is -0.480 e. The average molecular weight is 460 g/mol. The van der Waals surface area contributed by atoms with Crippen molar-refractivity contribution in [2.24, 2.45) is 0 Å². The molecule has 10 heteroatoms. The number of aliphatic carboxylic acids is 1. The number of hydrogen-bond acceptors (Lipinski definition) is 6. The van der Waals surface area contributed by atoms with Crippen molar-refractivity contribution >= 4 is 29.2 Å². The summed E-state index contributed by atoms with van der Waals surface area (Å²) in [7, 11) is 0. The van der Waals surface area contributed by atoms with Crippen LogP contribution in [0.5, 0.6) is 0 Å². The maximum atomic E-state index is 13.4. The van der Waals surface area contributed by atoms with E-state index in [4.69, 9.17) is 16.3 Å². The Morgan fingerprint density at radius 2 is 1.88 bits per heavy atom.